The standard InChI is InChI=1S/C8H17O7P/c1-3(9)7-5(11)4(10)6(12)8(14-7)15-16(2)13/h3-12,16H,1-2H3/t3-,4+,5+,6?,7?,8+/m1/s1. The van der Waals surface area contributed by atoms with E-state index in [0.717, 1.165) is 0 Å². The average Bonchev–Trinajstić information content (AvgIpc) is 2.18. The van der Waals surface area contributed by atoms with Crippen LogP contribution in [0.25, 0.3) is 0 Å². The van der Waals surface area contributed by atoms with Crippen LogP contribution in [0.5, 0.6) is 0 Å². The van der Waals surface area contributed by atoms with E-state index in [0.29, 0.717) is 0 Å². The summed E-state index contributed by atoms with van der Waals surface area (Å²) in [6.45, 7) is 2.67. The summed E-state index contributed by atoms with van der Waals surface area (Å²) in [6.07, 6.45) is -7.89. The van der Waals surface area contributed by atoms with E-state index in [1.54, 1.807) is 0 Å². The first-order chi connectivity index (χ1) is 7.34. The summed E-state index contributed by atoms with van der Waals surface area (Å²) in [6, 6.07) is 0. The van der Waals surface area contributed by atoms with E-state index in [2.05, 4.69) is 0 Å². The second-order valence-corrected chi connectivity index (χ2v) is 5.01. The molecule has 0 spiro atoms. The van der Waals surface area contributed by atoms with E-state index in [4.69, 9.17) is 9.26 Å². The maximum Gasteiger partial charge on any atom is 0.193 e. The first-order valence-electron chi connectivity index (χ1n) is 4.89. The van der Waals surface area contributed by atoms with Crippen molar-refractivity contribution in [2.75, 3.05) is 6.66 Å². The zero-order chi connectivity index (χ0) is 12.5. The monoisotopic (exact) mass is 256 g/mol. The molecule has 0 saturated carbocycles. The quantitative estimate of drug-likeness (QED) is 0.444. The van der Waals surface area contributed by atoms with Crippen molar-refractivity contribution in [1.29, 1.82) is 0 Å². The van der Waals surface area contributed by atoms with E-state index in [9.17, 15) is 25.0 Å². The van der Waals surface area contributed by atoms with Gasteiger partial charge in [0, 0.05) is 6.66 Å². The summed E-state index contributed by atoms with van der Waals surface area (Å²) in [5.74, 6) is 0. The molecule has 96 valence electrons. The molecule has 0 aromatic carbocycles. The lowest BCUT2D eigenvalue weighted by Gasteiger charge is -2.40. The summed E-state index contributed by atoms with van der Waals surface area (Å²) in [7, 11) is -2.36. The van der Waals surface area contributed by atoms with Gasteiger partial charge in [0.15, 0.2) is 14.3 Å². The Morgan fingerprint density at radius 3 is 2.25 bits per heavy atom. The van der Waals surface area contributed by atoms with Crippen LogP contribution in [0.1, 0.15) is 6.92 Å². The highest BCUT2D eigenvalue weighted by Crippen LogP contribution is 2.29. The van der Waals surface area contributed by atoms with Crippen molar-refractivity contribution in [2.45, 2.75) is 43.7 Å². The van der Waals surface area contributed by atoms with Gasteiger partial charge in [0.2, 0.25) is 0 Å². The summed E-state index contributed by atoms with van der Waals surface area (Å²) in [5.41, 5.74) is 0. The van der Waals surface area contributed by atoms with Crippen LogP contribution >= 0.6 is 8.03 Å². The fraction of sp³-hybridized carbons (Fsp3) is 1.00. The topological polar surface area (TPSA) is 116 Å². The van der Waals surface area contributed by atoms with E-state index in [-0.39, 0.29) is 0 Å². The normalized spacial score (nSPS) is 44.0. The van der Waals surface area contributed by atoms with Gasteiger partial charge in [-0.3, -0.25) is 9.09 Å². The van der Waals surface area contributed by atoms with Crippen LogP contribution < -0.4 is 0 Å². The molecule has 1 rings (SSSR count). The molecular weight excluding hydrogens is 239 g/mol. The molecule has 0 aromatic rings. The highest BCUT2D eigenvalue weighted by molar-refractivity contribution is 7.38. The fourth-order valence-corrected chi connectivity index (χ4v) is 2.06. The van der Waals surface area contributed by atoms with Crippen LogP contribution in [-0.2, 0) is 13.8 Å². The van der Waals surface area contributed by atoms with Crippen LogP contribution in [0.2, 0.25) is 0 Å². The molecule has 7 atom stereocenters. The van der Waals surface area contributed by atoms with Crippen molar-refractivity contribution in [2.24, 2.45) is 0 Å². The van der Waals surface area contributed by atoms with Crippen LogP contribution in [-0.4, -0.2) is 63.9 Å². The molecular formula is C8H17O7P. The first-order valence-corrected chi connectivity index (χ1v) is 6.71. The largest absolute Gasteiger partial charge is 0.391 e. The minimum atomic E-state index is -2.36. The molecule has 0 radical (unpaired) electrons. The van der Waals surface area contributed by atoms with Gasteiger partial charge < -0.3 is 25.2 Å². The maximum atomic E-state index is 10.9. The van der Waals surface area contributed by atoms with Gasteiger partial charge in [-0.2, -0.15) is 0 Å². The molecule has 16 heavy (non-hydrogen) atoms. The molecule has 1 saturated heterocycles. The number of hydrogen-bond acceptors (Lipinski definition) is 7. The molecule has 3 unspecified atom stereocenters. The Kier molecular flexibility index (Phi) is 4.88. The van der Waals surface area contributed by atoms with Crippen molar-refractivity contribution >= 4 is 8.03 Å². The lowest BCUT2D eigenvalue weighted by atomic mass is 9.96. The number of hydrogen-bond donors (Lipinski definition) is 4. The number of ether oxygens (including phenoxy) is 1. The number of aliphatic hydroxyl groups excluding tert-OH is 4. The smallest absolute Gasteiger partial charge is 0.193 e. The van der Waals surface area contributed by atoms with Gasteiger partial charge in [-0.25, -0.2) is 0 Å². The molecule has 0 bridgehead atoms. The van der Waals surface area contributed by atoms with Crippen LogP contribution in [0, 0.1) is 0 Å². The van der Waals surface area contributed by atoms with Crippen molar-refractivity contribution in [3.8, 4) is 0 Å². The van der Waals surface area contributed by atoms with Gasteiger partial charge in [-0.05, 0) is 6.92 Å². The highest BCUT2D eigenvalue weighted by atomic mass is 31.1. The number of aliphatic hydroxyl groups is 4. The molecule has 4 N–H and O–H groups in total. The molecule has 0 amide bonds. The Morgan fingerprint density at radius 1 is 1.25 bits per heavy atom. The van der Waals surface area contributed by atoms with Crippen molar-refractivity contribution in [1.82, 2.24) is 0 Å². The third-order valence-corrected chi connectivity index (χ3v) is 2.93. The van der Waals surface area contributed by atoms with E-state index in [1.807, 2.05) is 0 Å². The van der Waals surface area contributed by atoms with Crippen molar-refractivity contribution in [3.05, 3.63) is 0 Å². The SMILES string of the molecule is C[C@@H](O)C1O[C@@H](O[PH](C)=O)C(O)[C@@H](O)[C@@H]1O. The Balaban J connectivity index is 2.76. The zero-order valence-electron chi connectivity index (χ0n) is 8.98. The fourth-order valence-electron chi connectivity index (χ4n) is 1.53. The van der Waals surface area contributed by atoms with Gasteiger partial charge in [0.05, 0.1) is 6.10 Å². The molecule has 0 aliphatic carbocycles. The van der Waals surface area contributed by atoms with Crippen LogP contribution in [0.3, 0.4) is 0 Å². The molecule has 1 aliphatic rings. The molecule has 1 fully saturated rings. The molecule has 7 nitrogen and oxygen atoms in total. The first kappa shape index (κ1) is 14.1. The molecule has 8 heteroatoms. The Morgan fingerprint density at radius 2 is 1.81 bits per heavy atom. The molecule has 0 aromatic heterocycles. The van der Waals surface area contributed by atoms with Gasteiger partial charge in [0.25, 0.3) is 0 Å². The average molecular weight is 256 g/mol. The summed E-state index contributed by atoms with van der Waals surface area (Å²) < 4.78 is 20.7. The van der Waals surface area contributed by atoms with Crippen molar-refractivity contribution in [3.63, 3.8) is 0 Å². The van der Waals surface area contributed by atoms with Crippen LogP contribution in [0.4, 0.5) is 0 Å². The predicted molar refractivity (Wildman–Crippen MR) is 54.4 cm³/mol. The van der Waals surface area contributed by atoms with Gasteiger partial charge in [-0.15, -0.1) is 0 Å². The molecule has 1 aliphatic heterocycles. The predicted octanol–water partition coefficient (Wildman–Crippen LogP) is -1.70. The lowest BCUT2D eigenvalue weighted by Crippen LogP contribution is -2.60. The third-order valence-electron chi connectivity index (χ3n) is 2.36. The Labute approximate surface area is 93.5 Å². The van der Waals surface area contributed by atoms with Gasteiger partial charge in [-0.1, -0.05) is 0 Å². The lowest BCUT2D eigenvalue weighted by molar-refractivity contribution is -0.285. The Bertz CT molecular complexity index is 259. The highest BCUT2D eigenvalue weighted by Gasteiger charge is 2.46. The second kappa shape index (κ2) is 5.55. The summed E-state index contributed by atoms with van der Waals surface area (Å²) in [4.78, 5) is 0. The molecule has 1 heterocycles. The van der Waals surface area contributed by atoms with E-state index < -0.39 is 44.8 Å². The second-order valence-electron chi connectivity index (χ2n) is 3.79. The van der Waals surface area contributed by atoms with E-state index in [1.165, 1.54) is 13.6 Å². The minimum Gasteiger partial charge on any atom is -0.391 e. The van der Waals surface area contributed by atoms with Gasteiger partial charge in [0.1, 0.15) is 24.4 Å². The van der Waals surface area contributed by atoms with Gasteiger partial charge >= 0.3 is 0 Å². The zero-order valence-corrected chi connectivity index (χ0v) is 9.98. The minimum absolute atomic E-state index is 1.05. The summed E-state index contributed by atoms with van der Waals surface area (Å²) >= 11 is 0. The third kappa shape index (κ3) is 3.01. The number of rotatable bonds is 3. The summed E-state index contributed by atoms with van der Waals surface area (Å²) in [5, 5.41) is 37.8. The van der Waals surface area contributed by atoms with Crippen LogP contribution in [0.15, 0.2) is 0 Å². The Hall–Kier alpha value is -0.0100. The van der Waals surface area contributed by atoms with E-state index >= 15 is 0 Å². The maximum absolute atomic E-state index is 10.9. The van der Waals surface area contributed by atoms with Crippen molar-refractivity contribution < 1.29 is 34.3 Å².